The van der Waals surface area contributed by atoms with Crippen LogP contribution in [-0.2, 0) is 9.47 Å². The summed E-state index contributed by atoms with van der Waals surface area (Å²) in [6.45, 7) is 1.88. The predicted octanol–water partition coefficient (Wildman–Crippen LogP) is 5.26. The van der Waals surface area contributed by atoms with E-state index in [-0.39, 0.29) is 16.8 Å². The van der Waals surface area contributed by atoms with Crippen LogP contribution >= 0.6 is 0 Å². The summed E-state index contributed by atoms with van der Waals surface area (Å²) in [6, 6.07) is 25.3. The van der Waals surface area contributed by atoms with Gasteiger partial charge in [0.15, 0.2) is 5.78 Å². The number of benzene rings is 3. The number of hydrogen-bond acceptors (Lipinski definition) is 5. The third kappa shape index (κ3) is 4.01. The number of carbonyl (C=O) groups is 3. The lowest BCUT2D eigenvalue weighted by molar-refractivity contribution is 0.0548. The fourth-order valence-corrected chi connectivity index (χ4v) is 4.02. The van der Waals surface area contributed by atoms with Gasteiger partial charge >= 0.3 is 11.9 Å². The molecular weight excluding hydrogens is 430 g/mol. The van der Waals surface area contributed by atoms with Crippen molar-refractivity contribution >= 4 is 17.7 Å². The number of hydrogen-bond donors (Lipinski definition) is 0. The number of nitrogens with zero attached hydrogens (tertiary/aromatic N) is 1. The molecule has 1 heterocycles. The maximum absolute atomic E-state index is 14.0. The number of aromatic nitrogens is 1. The Kier molecular flexibility index (Phi) is 6.41. The van der Waals surface area contributed by atoms with E-state index in [1.807, 2.05) is 61.5 Å². The molecule has 0 aliphatic carbocycles. The van der Waals surface area contributed by atoms with E-state index in [0.29, 0.717) is 22.5 Å². The largest absolute Gasteiger partial charge is 0.465 e. The van der Waals surface area contributed by atoms with Crippen LogP contribution in [0.1, 0.15) is 42.3 Å². The van der Waals surface area contributed by atoms with E-state index < -0.39 is 17.7 Å². The number of para-hydroxylation sites is 1. The van der Waals surface area contributed by atoms with Crippen LogP contribution in [0.3, 0.4) is 0 Å². The Bertz CT molecular complexity index is 1370. The first-order valence-corrected chi connectivity index (χ1v) is 10.7. The van der Waals surface area contributed by atoms with Crippen LogP contribution in [0.25, 0.3) is 16.9 Å². The minimum Gasteiger partial charge on any atom is -0.465 e. The maximum Gasteiger partial charge on any atom is 0.355 e. The highest BCUT2D eigenvalue weighted by atomic mass is 16.5. The molecule has 0 unspecified atom stereocenters. The van der Waals surface area contributed by atoms with Crippen molar-refractivity contribution in [1.29, 1.82) is 0 Å². The topological polar surface area (TPSA) is 74.6 Å². The van der Waals surface area contributed by atoms with E-state index in [9.17, 15) is 14.4 Å². The summed E-state index contributed by atoms with van der Waals surface area (Å²) in [5.74, 6) is -1.96. The van der Waals surface area contributed by atoms with Gasteiger partial charge in [-0.15, -0.1) is 0 Å². The van der Waals surface area contributed by atoms with Crippen molar-refractivity contribution in [3.63, 3.8) is 0 Å². The van der Waals surface area contributed by atoms with Crippen LogP contribution < -0.4 is 0 Å². The standard InChI is InChI=1S/C28H23NO5/c1-18-11-10-14-20(17-18)26(30)22-23(27(31)33-2)25(28(32)34-3)29(21-15-8-5-9-16-21)24(22)19-12-6-4-7-13-19/h4-17H,1-3H3. The van der Waals surface area contributed by atoms with E-state index in [4.69, 9.17) is 9.47 Å². The summed E-state index contributed by atoms with van der Waals surface area (Å²) >= 11 is 0. The van der Waals surface area contributed by atoms with Gasteiger partial charge in [0.2, 0.25) is 0 Å². The molecule has 0 saturated heterocycles. The van der Waals surface area contributed by atoms with Crippen molar-refractivity contribution in [2.45, 2.75) is 6.92 Å². The number of carbonyl (C=O) groups excluding carboxylic acids is 3. The molecule has 0 radical (unpaired) electrons. The van der Waals surface area contributed by atoms with E-state index in [2.05, 4.69) is 0 Å². The Hall–Kier alpha value is -4.45. The molecule has 0 fully saturated rings. The van der Waals surface area contributed by atoms with Gasteiger partial charge in [0.05, 0.1) is 25.5 Å². The number of esters is 2. The van der Waals surface area contributed by atoms with E-state index >= 15 is 0 Å². The van der Waals surface area contributed by atoms with Crippen LogP contribution in [0.15, 0.2) is 84.9 Å². The zero-order chi connectivity index (χ0) is 24.2. The van der Waals surface area contributed by atoms with Gasteiger partial charge in [0, 0.05) is 11.3 Å². The Morgan fingerprint density at radius 3 is 1.91 bits per heavy atom. The molecule has 1 aromatic heterocycles. The molecule has 3 aromatic carbocycles. The van der Waals surface area contributed by atoms with Crippen LogP contribution in [0.4, 0.5) is 0 Å². The molecule has 0 aliphatic heterocycles. The molecule has 0 spiro atoms. The molecule has 0 aliphatic rings. The lowest BCUT2D eigenvalue weighted by atomic mass is 9.95. The summed E-state index contributed by atoms with van der Waals surface area (Å²) in [5.41, 5.74) is 2.80. The quantitative estimate of drug-likeness (QED) is 0.294. The summed E-state index contributed by atoms with van der Waals surface area (Å²) in [6.07, 6.45) is 0. The van der Waals surface area contributed by atoms with Crippen molar-refractivity contribution in [3.8, 4) is 16.9 Å². The minimum absolute atomic E-state index is 0.0737. The second-order valence-electron chi connectivity index (χ2n) is 7.67. The fourth-order valence-electron chi connectivity index (χ4n) is 4.02. The number of aryl methyl sites for hydroxylation is 1. The smallest absolute Gasteiger partial charge is 0.355 e. The first-order chi connectivity index (χ1) is 16.5. The van der Waals surface area contributed by atoms with Crippen molar-refractivity contribution in [2.75, 3.05) is 14.2 Å². The average molecular weight is 453 g/mol. The van der Waals surface area contributed by atoms with E-state index in [1.54, 1.807) is 34.9 Å². The highest BCUT2D eigenvalue weighted by molar-refractivity contribution is 6.21. The normalized spacial score (nSPS) is 10.6. The second-order valence-corrected chi connectivity index (χ2v) is 7.67. The zero-order valence-corrected chi connectivity index (χ0v) is 19.1. The van der Waals surface area contributed by atoms with E-state index in [1.165, 1.54) is 14.2 Å². The van der Waals surface area contributed by atoms with Crippen LogP contribution in [-0.4, -0.2) is 36.5 Å². The Morgan fingerprint density at radius 1 is 0.706 bits per heavy atom. The summed E-state index contributed by atoms with van der Waals surface area (Å²) in [4.78, 5) is 40.2. The lowest BCUT2D eigenvalue weighted by Crippen LogP contribution is -2.16. The minimum atomic E-state index is -0.803. The molecule has 0 saturated carbocycles. The molecule has 0 bridgehead atoms. The van der Waals surface area contributed by atoms with Crippen molar-refractivity contribution in [2.24, 2.45) is 0 Å². The van der Waals surface area contributed by atoms with Crippen LogP contribution in [0, 0.1) is 6.92 Å². The number of ketones is 1. The van der Waals surface area contributed by atoms with Crippen LogP contribution in [0.2, 0.25) is 0 Å². The average Bonchev–Trinajstić information content (AvgIpc) is 3.24. The molecule has 170 valence electrons. The van der Waals surface area contributed by atoms with Gasteiger partial charge in [-0.25, -0.2) is 9.59 Å². The number of rotatable bonds is 6. The first kappa shape index (κ1) is 22.7. The monoisotopic (exact) mass is 453 g/mol. The highest BCUT2D eigenvalue weighted by Crippen LogP contribution is 2.37. The highest BCUT2D eigenvalue weighted by Gasteiger charge is 2.36. The Balaban J connectivity index is 2.20. The molecule has 0 amide bonds. The van der Waals surface area contributed by atoms with Gasteiger partial charge in [0.25, 0.3) is 0 Å². The molecule has 4 rings (SSSR count). The van der Waals surface area contributed by atoms with Gasteiger partial charge < -0.3 is 14.0 Å². The molecule has 6 nitrogen and oxygen atoms in total. The Morgan fingerprint density at radius 2 is 1.32 bits per heavy atom. The van der Waals surface area contributed by atoms with Crippen LogP contribution in [0.5, 0.6) is 0 Å². The summed E-state index contributed by atoms with van der Waals surface area (Å²) in [7, 11) is 2.45. The molecule has 4 aromatic rings. The van der Waals surface area contributed by atoms with Gasteiger partial charge in [-0.3, -0.25) is 4.79 Å². The predicted molar refractivity (Wildman–Crippen MR) is 128 cm³/mol. The van der Waals surface area contributed by atoms with Crippen molar-refractivity contribution < 1.29 is 23.9 Å². The molecule has 6 heteroatoms. The zero-order valence-electron chi connectivity index (χ0n) is 19.1. The maximum atomic E-state index is 14.0. The van der Waals surface area contributed by atoms with Crippen molar-refractivity contribution in [1.82, 2.24) is 4.57 Å². The SMILES string of the molecule is COC(=O)c1c(C(=O)c2cccc(C)c2)c(-c2ccccc2)n(-c2ccccc2)c1C(=O)OC. The second kappa shape index (κ2) is 9.58. The van der Waals surface area contributed by atoms with Gasteiger partial charge in [-0.05, 0) is 30.7 Å². The third-order valence-electron chi connectivity index (χ3n) is 5.51. The summed E-state index contributed by atoms with van der Waals surface area (Å²) < 4.78 is 11.7. The fraction of sp³-hybridized carbons (Fsp3) is 0.107. The lowest BCUT2D eigenvalue weighted by Gasteiger charge is -2.14. The number of methoxy groups -OCH3 is 2. The third-order valence-corrected chi connectivity index (χ3v) is 5.51. The van der Waals surface area contributed by atoms with Gasteiger partial charge in [-0.2, -0.15) is 0 Å². The first-order valence-electron chi connectivity index (χ1n) is 10.7. The molecule has 34 heavy (non-hydrogen) atoms. The van der Waals surface area contributed by atoms with Gasteiger partial charge in [-0.1, -0.05) is 72.3 Å². The molecular formula is C28H23NO5. The van der Waals surface area contributed by atoms with Gasteiger partial charge in [0.1, 0.15) is 11.3 Å². The summed E-state index contributed by atoms with van der Waals surface area (Å²) in [5, 5.41) is 0. The Labute approximate surface area is 197 Å². The number of ether oxygens (including phenoxy) is 2. The molecule has 0 atom stereocenters. The molecule has 0 N–H and O–H groups in total. The van der Waals surface area contributed by atoms with E-state index in [0.717, 1.165) is 5.56 Å². The van der Waals surface area contributed by atoms with Crippen molar-refractivity contribution in [3.05, 3.63) is 113 Å².